The van der Waals surface area contributed by atoms with Crippen molar-refractivity contribution in [2.75, 3.05) is 30.5 Å². The molecule has 1 heterocycles. The van der Waals surface area contributed by atoms with Crippen LogP contribution in [0.2, 0.25) is 0 Å². The summed E-state index contributed by atoms with van der Waals surface area (Å²) in [4.78, 5) is 51.6. The minimum absolute atomic E-state index is 0.207. The molecule has 0 saturated carbocycles. The second-order valence-electron chi connectivity index (χ2n) is 8.42. The van der Waals surface area contributed by atoms with Gasteiger partial charge in [-0.3, -0.25) is 19.7 Å². The van der Waals surface area contributed by atoms with Crippen molar-refractivity contribution in [1.29, 1.82) is 0 Å². The van der Waals surface area contributed by atoms with E-state index in [1.165, 1.54) is 25.3 Å². The van der Waals surface area contributed by atoms with Crippen LogP contribution in [0.5, 0.6) is 17.2 Å². The average Bonchev–Trinajstić information content (AvgIpc) is 2.94. The van der Waals surface area contributed by atoms with Gasteiger partial charge >= 0.3 is 6.03 Å². The van der Waals surface area contributed by atoms with Crippen molar-refractivity contribution in [2.24, 2.45) is 0 Å². The highest BCUT2D eigenvalue weighted by Gasteiger charge is 2.37. The van der Waals surface area contributed by atoms with Crippen molar-refractivity contribution in [2.45, 2.75) is 13.3 Å². The molecule has 3 aromatic carbocycles. The molecule has 0 unspecified atom stereocenters. The number of benzene rings is 3. The minimum Gasteiger partial charge on any atom is -0.493 e. The second kappa shape index (κ2) is 12.4. The van der Waals surface area contributed by atoms with E-state index in [1.54, 1.807) is 54.6 Å². The smallest absolute Gasteiger partial charge is 0.335 e. The highest BCUT2D eigenvalue weighted by molar-refractivity contribution is 6.39. The molecule has 4 rings (SSSR count). The van der Waals surface area contributed by atoms with E-state index < -0.39 is 17.8 Å². The van der Waals surface area contributed by atoms with Crippen LogP contribution in [-0.4, -0.2) is 44.1 Å². The maximum absolute atomic E-state index is 13.3. The molecule has 0 radical (unpaired) electrons. The monoisotopic (exact) mass is 529 g/mol. The molecule has 200 valence electrons. The van der Waals surface area contributed by atoms with Gasteiger partial charge in [-0.15, -0.1) is 0 Å². The Morgan fingerprint density at radius 3 is 2.49 bits per heavy atom. The van der Waals surface area contributed by atoms with Crippen molar-refractivity contribution in [3.8, 4) is 17.2 Å². The number of hydrogen-bond acceptors (Lipinski definition) is 7. The zero-order chi connectivity index (χ0) is 27.8. The zero-order valence-electron chi connectivity index (χ0n) is 21.4. The van der Waals surface area contributed by atoms with Gasteiger partial charge in [-0.1, -0.05) is 37.3 Å². The first-order valence-electron chi connectivity index (χ1n) is 12.2. The molecule has 0 spiro atoms. The molecule has 2 N–H and O–H groups in total. The summed E-state index contributed by atoms with van der Waals surface area (Å²) in [5.41, 5.74) is 1.06. The summed E-state index contributed by atoms with van der Waals surface area (Å²) in [5.74, 6) is -0.815. The molecular weight excluding hydrogens is 502 g/mol. The molecule has 1 aliphatic heterocycles. The van der Waals surface area contributed by atoms with E-state index in [0.717, 1.165) is 11.3 Å². The molecule has 1 fully saturated rings. The number of ether oxygens (including phenoxy) is 3. The number of methoxy groups -OCH3 is 1. The molecule has 10 nitrogen and oxygen atoms in total. The van der Waals surface area contributed by atoms with Crippen molar-refractivity contribution in [1.82, 2.24) is 5.32 Å². The number of carbonyl (C=O) groups is 4. The summed E-state index contributed by atoms with van der Waals surface area (Å²) in [6.45, 7) is 2.20. The first-order chi connectivity index (χ1) is 18.9. The Labute approximate surface area is 225 Å². The molecule has 0 aliphatic carbocycles. The van der Waals surface area contributed by atoms with Gasteiger partial charge in [-0.05, 0) is 54.5 Å². The number of amides is 5. The molecule has 39 heavy (non-hydrogen) atoms. The Morgan fingerprint density at radius 2 is 1.74 bits per heavy atom. The lowest BCUT2D eigenvalue weighted by Crippen LogP contribution is -2.54. The number of anilines is 2. The predicted octanol–water partition coefficient (Wildman–Crippen LogP) is 4.17. The van der Waals surface area contributed by atoms with Gasteiger partial charge in [0.1, 0.15) is 11.3 Å². The standard InChI is InChI=1S/C29H27N3O7/c1-3-14-38-24-13-12-21(17-25(24)37-2)32-28(35)23(27(34)31-29(32)36)16-19-8-7-11-22(15-19)39-18-26(33)30-20-9-5-4-6-10-20/h4-13,15-17H,3,14,18H2,1-2H3,(H,30,33)(H,31,34,36)/b23-16-. The summed E-state index contributed by atoms with van der Waals surface area (Å²) in [6.07, 6.45) is 2.14. The van der Waals surface area contributed by atoms with Crippen LogP contribution >= 0.6 is 0 Å². The predicted molar refractivity (Wildman–Crippen MR) is 145 cm³/mol. The van der Waals surface area contributed by atoms with Gasteiger partial charge in [0.15, 0.2) is 18.1 Å². The number of imide groups is 2. The van der Waals surface area contributed by atoms with Crippen molar-refractivity contribution >= 4 is 41.2 Å². The topological polar surface area (TPSA) is 123 Å². The Kier molecular flexibility index (Phi) is 8.57. The zero-order valence-corrected chi connectivity index (χ0v) is 21.4. The van der Waals surface area contributed by atoms with Gasteiger partial charge in [0.05, 0.1) is 19.4 Å². The fourth-order valence-electron chi connectivity index (χ4n) is 3.75. The maximum Gasteiger partial charge on any atom is 0.335 e. The highest BCUT2D eigenvalue weighted by Crippen LogP contribution is 2.33. The second-order valence-corrected chi connectivity index (χ2v) is 8.42. The van der Waals surface area contributed by atoms with Crippen LogP contribution in [0.25, 0.3) is 6.08 Å². The molecule has 5 amide bonds. The number of nitrogens with zero attached hydrogens (tertiary/aromatic N) is 1. The summed E-state index contributed by atoms with van der Waals surface area (Å²) in [6, 6.07) is 19.2. The lowest BCUT2D eigenvalue weighted by atomic mass is 10.1. The van der Waals surface area contributed by atoms with Gasteiger partial charge < -0.3 is 19.5 Å². The fourth-order valence-corrected chi connectivity index (χ4v) is 3.75. The van der Waals surface area contributed by atoms with Crippen LogP contribution in [0.3, 0.4) is 0 Å². The van der Waals surface area contributed by atoms with Crippen molar-refractivity contribution < 1.29 is 33.4 Å². The van der Waals surface area contributed by atoms with E-state index in [0.29, 0.717) is 35.1 Å². The highest BCUT2D eigenvalue weighted by atomic mass is 16.5. The normalized spacial score (nSPS) is 14.2. The van der Waals surface area contributed by atoms with E-state index in [4.69, 9.17) is 14.2 Å². The number of nitrogens with one attached hydrogen (secondary N) is 2. The first kappa shape index (κ1) is 26.9. The molecule has 10 heteroatoms. The van der Waals surface area contributed by atoms with Crippen LogP contribution in [0.15, 0.2) is 78.4 Å². The summed E-state index contributed by atoms with van der Waals surface area (Å²) >= 11 is 0. The van der Waals surface area contributed by atoms with Gasteiger partial charge in [-0.2, -0.15) is 0 Å². The van der Waals surface area contributed by atoms with Crippen molar-refractivity contribution in [3.05, 3.63) is 83.9 Å². The number of carbonyl (C=O) groups excluding carboxylic acids is 4. The van der Waals surface area contributed by atoms with Crippen LogP contribution in [0.1, 0.15) is 18.9 Å². The van der Waals surface area contributed by atoms with E-state index in [1.807, 2.05) is 13.0 Å². The Hall–Kier alpha value is -5.12. The van der Waals surface area contributed by atoms with E-state index >= 15 is 0 Å². The molecule has 0 aromatic heterocycles. The number of para-hydroxylation sites is 1. The minimum atomic E-state index is -0.882. The van der Waals surface area contributed by atoms with Crippen LogP contribution in [0, 0.1) is 0 Å². The molecular formula is C29H27N3O7. The van der Waals surface area contributed by atoms with E-state index in [2.05, 4.69) is 10.6 Å². The summed E-state index contributed by atoms with van der Waals surface area (Å²) < 4.78 is 16.6. The van der Waals surface area contributed by atoms with Gasteiger partial charge in [0.2, 0.25) is 0 Å². The average molecular weight is 530 g/mol. The third-order valence-corrected chi connectivity index (χ3v) is 5.57. The molecule has 0 bridgehead atoms. The third-order valence-electron chi connectivity index (χ3n) is 5.57. The lowest BCUT2D eigenvalue weighted by molar-refractivity contribution is -0.122. The Morgan fingerprint density at radius 1 is 0.949 bits per heavy atom. The Balaban J connectivity index is 1.51. The molecule has 1 saturated heterocycles. The third kappa shape index (κ3) is 6.61. The Bertz CT molecular complexity index is 1420. The van der Waals surface area contributed by atoms with Gasteiger partial charge in [-0.25, -0.2) is 9.69 Å². The van der Waals surface area contributed by atoms with Crippen LogP contribution in [-0.2, 0) is 14.4 Å². The van der Waals surface area contributed by atoms with Crippen LogP contribution < -0.4 is 29.7 Å². The van der Waals surface area contributed by atoms with Gasteiger partial charge in [0, 0.05) is 11.8 Å². The maximum atomic E-state index is 13.3. The molecule has 0 atom stereocenters. The summed E-state index contributed by atoms with van der Waals surface area (Å²) in [7, 11) is 1.45. The number of rotatable bonds is 10. The van der Waals surface area contributed by atoms with E-state index in [9.17, 15) is 19.2 Å². The SMILES string of the molecule is CCCOc1ccc(N2C(=O)NC(=O)/C(=C/c3cccc(OCC(=O)Nc4ccccc4)c3)C2=O)cc1OC. The van der Waals surface area contributed by atoms with Gasteiger partial charge in [0.25, 0.3) is 17.7 Å². The first-order valence-corrected chi connectivity index (χ1v) is 12.2. The fraction of sp³-hybridized carbons (Fsp3) is 0.172. The largest absolute Gasteiger partial charge is 0.493 e. The number of barbiturate groups is 1. The van der Waals surface area contributed by atoms with Crippen molar-refractivity contribution in [3.63, 3.8) is 0 Å². The summed E-state index contributed by atoms with van der Waals surface area (Å²) in [5, 5.41) is 4.92. The quantitative estimate of drug-likeness (QED) is 0.299. The van der Waals surface area contributed by atoms with Crippen LogP contribution in [0.4, 0.5) is 16.2 Å². The molecule has 3 aromatic rings. The van der Waals surface area contributed by atoms with E-state index in [-0.39, 0.29) is 23.8 Å². The molecule has 1 aliphatic rings. The number of urea groups is 1. The number of hydrogen-bond donors (Lipinski definition) is 2. The lowest BCUT2D eigenvalue weighted by Gasteiger charge is -2.27.